The Hall–Kier alpha value is -2.49. The van der Waals surface area contributed by atoms with E-state index in [-0.39, 0.29) is 11.7 Å². The number of piperidine rings is 1. The van der Waals surface area contributed by atoms with Gasteiger partial charge in [0.25, 0.3) is 5.91 Å². The van der Waals surface area contributed by atoms with Gasteiger partial charge in [-0.05, 0) is 19.9 Å². The Morgan fingerprint density at radius 1 is 1.36 bits per heavy atom. The summed E-state index contributed by atoms with van der Waals surface area (Å²) in [6, 6.07) is 1.45. The lowest BCUT2D eigenvalue weighted by molar-refractivity contribution is -0.0508. The molecule has 10 heteroatoms. The van der Waals surface area contributed by atoms with Gasteiger partial charge in [-0.25, -0.2) is 0 Å². The summed E-state index contributed by atoms with van der Waals surface area (Å²) in [5.74, 6) is 0.0975. The monoisotopic (exact) mass is 395 g/mol. The summed E-state index contributed by atoms with van der Waals surface area (Å²) in [4.78, 5) is 14.2. The summed E-state index contributed by atoms with van der Waals surface area (Å²) >= 11 is 0. The minimum Gasteiger partial charge on any atom is -0.483 e. The number of alkyl halides is 2. The van der Waals surface area contributed by atoms with Crippen LogP contribution < -0.4 is 4.74 Å². The molecule has 152 valence electrons. The number of aromatic nitrogens is 4. The number of hydrogen-bond donors (Lipinski definition) is 1. The highest BCUT2D eigenvalue weighted by molar-refractivity contribution is 5.92. The van der Waals surface area contributed by atoms with Gasteiger partial charge in [-0.2, -0.15) is 23.7 Å². The van der Waals surface area contributed by atoms with Gasteiger partial charge < -0.3 is 14.7 Å². The lowest BCUT2D eigenvalue weighted by atomic mass is 9.83. The third kappa shape index (κ3) is 3.15. The van der Waals surface area contributed by atoms with Crippen molar-refractivity contribution < 1.29 is 23.4 Å². The van der Waals surface area contributed by atoms with Crippen LogP contribution in [0.4, 0.5) is 8.78 Å². The zero-order valence-corrected chi connectivity index (χ0v) is 15.8. The second-order valence-electron chi connectivity index (χ2n) is 7.69. The molecular weight excluding hydrogens is 372 g/mol. The molecule has 1 unspecified atom stereocenters. The Morgan fingerprint density at radius 2 is 2.07 bits per heavy atom. The molecule has 1 N–H and O–H groups in total. The largest absolute Gasteiger partial charge is 0.483 e. The van der Waals surface area contributed by atoms with E-state index in [9.17, 15) is 18.7 Å². The van der Waals surface area contributed by atoms with Crippen LogP contribution in [0.1, 0.15) is 68.0 Å². The predicted molar refractivity (Wildman–Crippen MR) is 94.2 cm³/mol. The maximum absolute atomic E-state index is 13.0. The van der Waals surface area contributed by atoms with E-state index in [1.165, 1.54) is 17.2 Å². The van der Waals surface area contributed by atoms with Crippen molar-refractivity contribution in [3.8, 4) is 5.75 Å². The fourth-order valence-electron chi connectivity index (χ4n) is 3.91. The topological polar surface area (TPSA) is 85.4 Å². The second kappa shape index (κ2) is 6.84. The molecule has 1 atom stereocenters. The first-order valence-electron chi connectivity index (χ1n) is 9.37. The summed E-state index contributed by atoms with van der Waals surface area (Å²) < 4.78 is 34.4. The zero-order chi connectivity index (χ0) is 20.1. The SMILES string of the molecule is CC(C)n1cc2c(n1)C(O)CC1(CCN(C(=O)c3ccnn3C(F)F)CC1)O2. The van der Waals surface area contributed by atoms with E-state index < -0.39 is 24.2 Å². The molecular formula is C18H23F2N5O3. The molecule has 0 saturated carbocycles. The highest BCUT2D eigenvalue weighted by Gasteiger charge is 2.45. The van der Waals surface area contributed by atoms with E-state index in [4.69, 9.17) is 4.74 Å². The molecule has 2 aliphatic rings. The average molecular weight is 395 g/mol. The molecule has 2 aliphatic heterocycles. The van der Waals surface area contributed by atoms with Crippen molar-refractivity contribution in [3.05, 3.63) is 29.8 Å². The summed E-state index contributed by atoms with van der Waals surface area (Å²) in [7, 11) is 0. The van der Waals surface area contributed by atoms with Crippen molar-refractivity contribution in [2.45, 2.75) is 57.4 Å². The van der Waals surface area contributed by atoms with Crippen molar-refractivity contribution in [2.75, 3.05) is 13.1 Å². The maximum Gasteiger partial charge on any atom is 0.333 e. The van der Waals surface area contributed by atoms with Crippen molar-refractivity contribution in [2.24, 2.45) is 0 Å². The quantitative estimate of drug-likeness (QED) is 0.863. The number of ether oxygens (including phenoxy) is 1. The van der Waals surface area contributed by atoms with Crippen LogP contribution in [0, 0.1) is 0 Å². The van der Waals surface area contributed by atoms with E-state index in [0.717, 1.165) is 0 Å². The molecule has 28 heavy (non-hydrogen) atoms. The van der Waals surface area contributed by atoms with Crippen LogP contribution in [0.2, 0.25) is 0 Å². The van der Waals surface area contributed by atoms with Crippen LogP contribution in [0.3, 0.4) is 0 Å². The Bertz CT molecular complexity index is 870. The standard InChI is InChI=1S/C18H23F2N5O3/c1-11(2)24-10-14-15(22-24)13(26)9-18(28-14)4-7-23(8-5-18)16(27)12-3-6-21-25(12)17(19)20/h3,6,10-11,13,17,26H,4-5,7-9H2,1-2H3. The summed E-state index contributed by atoms with van der Waals surface area (Å²) in [6.45, 7) is 1.84. The molecule has 0 radical (unpaired) electrons. The fourth-order valence-corrected chi connectivity index (χ4v) is 3.91. The number of amides is 1. The Labute approximate surface area is 160 Å². The van der Waals surface area contributed by atoms with Crippen LogP contribution >= 0.6 is 0 Å². The summed E-state index contributed by atoms with van der Waals surface area (Å²) in [5, 5.41) is 18.5. The number of halogens is 2. The van der Waals surface area contributed by atoms with Gasteiger partial charge in [0.1, 0.15) is 23.1 Å². The van der Waals surface area contributed by atoms with Crippen LogP contribution in [-0.2, 0) is 0 Å². The van der Waals surface area contributed by atoms with E-state index in [0.29, 0.717) is 48.5 Å². The first kappa shape index (κ1) is 18.9. The molecule has 1 spiro atoms. The van der Waals surface area contributed by atoms with Gasteiger partial charge in [0.15, 0.2) is 5.75 Å². The van der Waals surface area contributed by atoms with Gasteiger partial charge in [-0.1, -0.05) is 0 Å². The minimum absolute atomic E-state index is 0.129. The number of aliphatic hydroxyl groups excluding tert-OH is 1. The highest BCUT2D eigenvalue weighted by Crippen LogP contribution is 2.44. The molecule has 2 aromatic rings. The third-order valence-electron chi connectivity index (χ3n) is 5.50. The molecule has 4 rings (SSSR count). The fraction of sp³-hybridized carbons (Fsp3) is 0.611. The number of fused-ring (bicyclic) bond motifs is 1. The molecule has 2 aromatic heterocycles. The van der Waals surface area contributed by atoms with Gasteiger partial charge in [0.05, 0.1) is 6.20 Å². The van der Waals surface area contributed by atoms with Gasteiger partial charge >= 0.3 is 6.55 Å². The highest BCUT2D eigenvalue weighted by atomic mass is 19.3. The molecule has 0 aliphatic carbocycles. The third-order valence-corrected chi connectivity index (χ3v) is 5.50. The van der Waals surface area contributed by atoms with Crippen molar-refractivity contribution in [3.63, 3.8) is 0 Å². The van der Waals surface area contributed by atoms with Crippen molar-refractivity contribution >= 4 is 5.91 Å². The lowest BCUT2D eigenvalue weighted by Gasteiger charge is -2.44. The Kier molecular flexibility index (Phi) is 4.60. The number of aliphatic hydroxyl groups is 1. The molecule has 1 amide bonds. The minimum atomic E-state index is -2.86. The molecule has 1 saturated heterocycles. The van der Waals surface area contributed by atoms with E-state index in [1.54, 1.807) is 10.9 Å². The Morgan fingerprint density at radius 3 is 2.71 bits per heavy atom. The van der Waals surface area contributed by atoms with Crippen LogP contribution in [-0.4, -0.2) is 54.2 Å². The normalized spacial score (nSPS) is 21.2. The molecule has 8 nitrogen and oxygen atoms in total. The summed E-state index contributed by atoms with van der Waals surface area (Å²) in [5.41, 5.74) is -0.175. The van der Waals surface area contributed by atoms with Crippen molar-refractivity contribution in [1.29, 1.82) is 0 Å². The molecule has 1 fully saturated rings. The van der Waals surface area contributed by atoms with Crippen LogP contribution in [0.25, 0.3) is 0 Å². The number of nitrogens with zero attached hydrogens (tertiary/aromatic N) is 5. The van der Waals surface area contributed by atoms with Gasteiger partial charge in [0, 0.05) is 44.6 Å². The number of carbonyl (C=O) groups is 1. The first-order valence-corrected chi connectivity index (χ1v) is 9.37. The number of likely N-dealkylation sites (tertiary alicyclic amines) is 1. The van der Waals surface area contributed by atoms with Gasteiger partial charge in [-0.3, -0.25) is 9.48 Å². The zero-order valence-electron chi connectivity index (χ0n) is 15.8. The van der Waals surface area contributed by atoms with Gasteiger partial charge in [0.2, 0.25) is 0 Å². The number of hydrogen-bond acceptors (Lipinski definition) is 5. The Balaban J connectivity index is 1.47. The van der Waals surface area contributed by atoms with Crippen LogP contribution in [0.15, 0.2) is 18.5 Å². The molecule has 0 bridgehead atoms. The summed E-state index contributed by atoms with van der Waals surface area (Å²) in [6.07, 6.45) is 3.66. The smallest absolute Gasteiger partial charge is 0.333 e. The predicted octanol–water partition coefficient (Wildman–Crippen LogP) is 2.55. The van der Waals surface area contributed by atoms with Crippen LogP contribution in [0.5, 0.6) is 5.75 Å². The lowest BCUT2D eigenvalue weighted by Crippen LogP contribution is -2.52. The van der Waals surface area contributed by atoms with Gasteiger partial charge in [-0.15, -0.1) is 0 Å². The van der Waals surface area contributed by atoms with E-state index in [2.05, 4.69) is 10.2 Å². The number of rotatable bonds is 3. The average Bonchev–Trinajstić information content (AvgIpc) is 3.29. The first-order chi connectivity index (χ1) is 13.3. The van der Waals surface area contributed by atoms with E-state index >= 15 is 0 Å². The van der Waals surface area contributed by atoms with E-state index in [1.807, 2.05) is 13.8 Å². The molecule has 4 heterocycles. The molecule has 0 aromatic carbocycles. The van der Waals surface area contributed by atoms with Crippen molar-refractivity contribution in [1.82, 2.24) is 24.5 Å². The maximum atomic E-state index is 13.0. The second-order valence-corrected chi connectivity index (χ2v) is 7.69. The number of carbonyl (C=O) groups excluding carboxylic acids is 1.